The Morgan fingerprint density at radius 3 is 2.57 bits per heavy atom. The van der Waals surface area contributed by atoms with Crippen LogP contribution in [-0.2, 0) is 6.61 Å². The molecule has 1 aliphatic heterocycles. The average Bonchev–Trinajstić information content (AvgIpc) is 3.37. The van der Waals surface area contributed by atoms with E-state index in [1.807, 2.05) is 36.4 Å². The van der Waals surface area contributed by atoms with Gasteiger partial charge in [0.05, 0.1) is 41.4 Å². The highest BCUT2D eigenvalue weighted by Gasteiger charge is 2.40. The molecule has 5 rings (SSSR count). The van der Waals surface area contributed by atoms with Crippen molar-refractivity contribution >= 4 is 27.3 Å². The molecule has 3 aromatic rings. The summed E-state index contributed by atoms with van der Waals surface area (Å²) in [5.74, 6) is 1.99. The minimum atomic E-state index is -0.376. The first kappa shape index (κ1) is 23.2. The van der Waals surface area contributed by atoms with Crippen molar-refractivity contribution in [2.24, 2.45) is 5.92 Å². The predicted octanol–water partition coefficient (Wildman–Crippen LogP) is 6.78. The van der Waals surface area contributed by atoms with Gasteiger partial charge in [-0.25, -0.2) is 0 Å². The lowest BCUT2D eigenvalue weighted by Gasteiger charge is -2.38. The van der Waals surface area contributed by atoms with E-state index in [2.05, 4.69) is 39.5 Å². The number of ether oxygens (including phenoxy) is 3. The Bertz CT molecular complexity index is 1290. The number of methoxy groups -OCH3 is 2. The largest absolute Gasteiger partial charge is 0.494 e. The number of halogens is 1. The van der Waals surface area contributed by atoms with Gasteiger partial charge in [-0.15, -0.1) is 0 Å². The Labute approximate surface area is 212 Å². The number of hydrogen-bond donors (Lipinski definition) is 1. The van der Waals surface area contributed by atoms with Gasteiger partial charge in [-0.05, 0) is 57.1 Å². The number of non-ortho nitro benzene ring substituents is 1. The summed E-state index contributed by atoms with van der Waals surface area (Å²) in [6.45, 7) is 0.425. The van der Waals surface area contributed by atoms with E-state index in [9.17, 15) is 10.1 Å². The smallest absolute Gasteiger partial charge is 0.273 e. The molecule has 0 aromatic heterocycles. The third-order valence-electron chi connectivity index (χ3n) is 6.69. The van der Waals surface area contributed by atoms with E-state index in [4.69, 9.17) is 14.2 Å². The number of benzene rings is 3. The lowest BCUT2D eigenvalue weighted by Crippen LogP contribution is -2.29. The van der Waals surface area contributed by atoms with E-state index >= 15 is 0 Å². The molecule has 1 heterocycles. The summed E-state index contributed by atoms with van der Waals surface area (Å²) in [7, 11) is 3.16. The van der Waals surface area contributed by atoms with E-state index in [0.717, 1.165) is 33.3 Å². The second kappa shape index (κ2) is 9.62. The van der Waals surface area contributed by atoms with Crippen molar-refractivity contribution in [3.8, 4) is 17.2 Å². The second-order valence-corrected chi connectivity index (χ2v) is 9.51. The first-order valence-corrected chi connectivity index (χ1v) is 12.1. The topological polar surface area (TPSA) is 82.9 Å². The molecule has 180 valence electrons. The van der Waals surface area contributed by atoms with E-state index < -0.39 is 0 Å². The maximum atomic E-state index is 11.5. The number of nitrogens with one attached hydrogen (secondary N) is 1. The number of fused-ring (bicyclic) bond motifs is 3. The lowest BCUT2D eigenvalue weighted by molar-refractivity contribution is -0.385. The molecule has 0 saturated carbocycles. The average molecular weight is 537 g/mol. The fraction of sp³-hybridized carbons (Fsp3) is 0.259. The highest BCUT2D eigenvalue weighted by Crippen LogP contribution is 2.54. The van der Waals surface area contributed by atoms with Crippen molar-refractivity contribution in [3.63, 3.8) is 0 Å². The molecule has 0 unspecified atom stereocenters. The lowest BCUT2D eigenvalue weighted by atomic mass is 9.76. The zero-order chi connectivity index (χ0) is 24.5. The number of hydrogen-bond acceptors (Lipinski definition) is 6. The van der Waals surface area contributed by atoms with Gasteiger partial charge >= 0.3 is 0 Å². The maximum Gasteiger partial charge on any atom is 0.273 e. The first-order valence-electron chi connectivity index (χ1n) is 11.3. The number of allylic oxidation sites excluding steroid dienone is 2. The van der Waals surface area contributed by atoms with Gasteiger partial charge in [0.15, 0.2) is 11.5 Å². The Morgan fingerprint density at radius 2 is 1.86 bits per heavy atom. The number of anilines is 1. The van der Waals surface area contributed by atoms with Gasteiger partial charge in [0.1, 0.15) is 12.4 Å². The molecule has 0 spiro atoms. The summed E-state index contributed by atoms with van der Waals surface area (Å²) in [5.41, 5.74) is 3.81. The zero-order valence-corrected chi connectivity index (χ0v) is 20.9. The van der Waals surface area contributed by atoms with Gasteiger partial charge in [0.2, 0.25) is 0 Å². The van der Waals surface area contributed by atoms with Crippen molar-refractivity contribution in [2.45, 2.75) is 25.0 Å². The highest BCUT2D eigenvalue weighted by atomic mass is 79.9. The molecule has 0 fully saturated rings. The van der Waals surface area contributed by atoms with Crippen LogP contribution in [0.25, 0.3) is 0 Å². The molecular weight excluding hydrogens is 512 g/mol. The predicted molar refractivity (Wildman–Crippen MR) is 137 cm³/mol. The van der Waals surface area contributed by atoms with Crippen LogP contribution in [0, 0.1) is 16.0 Å². The molecule has 0 radical (unpaired) electrons. The fourth-order valence-corrected chi connectivity index (χ4v) is 5.61. The van der Waals surface area contributed by atoms with E-state index in [1.165, 1.54) is 13.2 Å². The summed E-state index contributed by atoms with van der Waals surface area (Å²) in [6.07, 6.45) is 5.15. The van der Waals surface area contributed by atoms with Gasteiger partial charge in [0.25, 0.3) is 5.69 Å². The Morgan fingerprint density at radius 1 is 1.09 bits per heavy atom. The molecule has 8 heteroatoms. The van der Waals surface area contributed by atoms with Crippen LogP contribution in [0.5, 0.6) is 17.2 Å². The minimum absolute atomic E-state index is 0.0317. The van der Waals surface area contributed by atoms with Crippen LogP contribution in [0.4, 0.5) is 11.4 Å². The van der Waals surface area contributed by atoms with Gasteiger partial charge in [-0.3, -0.25) is 10.1 Å². The van der Waals surface area contributed by atoms with E-state index in [1.54, 1.807) is 13.2 Å². The monoisotopic (exact) mass is 536 g/mol. The van der Waals surface area contributed by atoms with Crippen LogP contribution >= 0.6 is 15.9 Å². The summed E-state index contributed by atoms with van der Waals surface area (Å²) in [5, 5.41) is 15.1. The molecule has 1 N–H and O–H groups in total. The minimum Gasteiger partial charge on any atom is -0.494 e. The van der Waals surface area contributed by atoms with Gasteiger partial charge < -0.3 is 19.5 Å². The molecule has 3 aromatic carbocycles. The number of nitrogens with zero attached hydrogens (tertiary/aromatic N) is 1. The molecule has 35 heavy (non-hydrogen) atoms. The van der Waals surface area contributed by atoms with Crippen LogP contribution in [-0.4, -0.2) is 19.1 Å². The zero-order valence-electron chi connectivity index (χ0n) is 19.4. The third kappa shape index (κ3) is 4.34. The molecular formula is C27H25BrN2O5. The Hall–Kier alpha value is -3.52. The third-order valence-corrected chi connectivity index (χ3v) is 7.27. The van der Waals surface area contributed by atoms with Crippen molar-refractivity contribution < 1.29 is 19.1 Å². The molecule has 0 amide bonds. The maximum absolute atomic E-state index is 11.5. The van der Waals surface area contributed by atoms with Crippen molar-refractivity contribution in [2.75, 3.05) is 19.5 Å². The Kier molecular flexibility index (Phi) is 6.38. The SMILES string of the molecule is COc1cc([N+](=O)[O-])cc2c1N[C@H](c1cc(Br)c(OCc3ccccc3)c(OC)c1)[C@@H]1CC=C[C@@H]21. The van der Waals surface area contributed by atoms with Crippen molar-refractivity contribution in [1.82, 2.24) is 0 Å². The van der Waals surface area contributed by atoms with Crippen LogP contribution in [0.1, 0.15) is 35.1 Å². The first-order chi connectivity index (χ1) is 17.0. The van der Waals surface area contributed by atoms with Gasteiger partial charge in [-0.2, -0.15) is 0 Å². The van der Waals surface area contributed by atoms with Crippen molar-refractivity contribution in [1.29, 1.82) is 0 Å². The summed E-state index contributed by atoms with van der Waals surface area (Å²) in [6, 6.07) is 17.1. The fourth-order valence-electron chi connectivity index (χ4n) is 5.04. The van der Waals surface area contributed by atoms with Crippen LogP contribution in [0.2, 0.25) is 0 Å². The van der Waals surface area contributed by atoms with Crippen LogP contribution in [0.15, 0.2) is 71.2 Å². The van der Waals surface area contributed by atoms with Gasteiger partial charge in [0, 0.05) is 12.0 Å². The molecule has 0 saturated heterocycles. The molecule has 1 aliphatic carbocycles. The summed E-state index contributed by atoms with van der Waals surface area (Å²) in [4.78, 5) is 11.1. The molecule has 2 aliphatic rings. The molecule has 0 bridgehead atoms. The molecule has 3 atom stereocenters. The van der Waals surface area contributed by atoms with E-state index in [0.29, 0.717) is 23.9 Å². The van der Waals surface area contributed by atoms with Crippen molar-refractivity contribution in [3.05, 3.63) is 98.0 Å². The number of rotatable bonds is 7. The standard InChI is InChI=1S/C27H25BrN2O5/c1-33-23-14-18(30(31)32)13-21-19-9-6-10-20(19)25(29-26(21)23)17-11-22(28)27(24(12-17)34-2)35-15-16-7-4-3-5-8-16/h3-9,11-14,19-20,25,29H,10,15H2,1-2H3/t19-,20-,25-/m1/s1. The quantitative estimate of drug-likeness (QED) is 0.203. The van der Waals surface area contributed by atoms with Crippen LogP contribution in [0.3, 0.4) is 0 Å². The Balaban J connectivity index is 1.51. The normalized spacial score (nSPS) is 19.9. The number of nitro benzene ring substituents is 1. The van der Waals surface area contributed by atoms with E-state index in [-0.39, 0.29) is 28.5 Å². The summed E-state index contributed by atoms with van der Waals surface area (Å²) >= 11 is 3.69. The summed E-state index contributed by atoms with van der Waals surface area (Å²) < 4.78 is 18.2. The highest BCUT2D eigenvalue weighted by molar-refractivity contribution is 9.10. The number of nitro groups is 1. The van der Waals surface area contributed by atoms with Crippen LogP contribution < -0.4 is 19.5 Å². The second-order valence-electron chi connectivity index (χ2n) is 8.65. The van der Waals surface area contributed by atoms with Gasteiger partial charge in [-0.1, -0.05) is 42.5 Å². The molecule has 7 nitrogen and oxygen atoms in total.